The number of rotatable bonds is 6. The van der Waals surface area contributed by atoms with E-state index < -0.39 is 0 Å². The van der Waals surface area contributed by atoms with Crippen LogP contribution < -0.4 is 10.6 Å². The molecule has 26 heavy (non-hydrogen) atoms. The Labute approximate surface area is 151 Å². The molecule has 0 aliphatic rings. The number of carbonyl (C=O) groups is 2. The molecule has 3 aromatic rings. The Morgan fingerprint density at radius 3 is 1.88 bits per heavy atom. The molecule has 0 aliphatic heterocycles. The Kier molecular flexibility index (Phi) is 5.43. The van der Waals surface area contributed by atoms with Crippen molar-refractivity contribution in [2.75, 3.05) is 0 Å². The van der Waals surface area contributed by atoms with E-state index in [-0.39, 0.29) is 23.2 Å². The van der Waals surface area contributed by atoms with Gasteiger partial charge in [-0.05, 0) is 11.1 Å². The molecule has 0 atom stereocenters. The summed E-state index contributed by atoms with van der Waals surface area (Å²) in [5.74, 6) is -0.710. The Balaban J connectivity index is 1.67. The van der Waals surface area contributed by atoms with Crippen LogP contribution in [0.2, 0.25) is 0 Å². The van der Waals surface area contributed by atoms with E-state index in [0.717, 1.165) is 11.1 Å². The molecule has 0 bridgehead atoms. The van der Waals surface area contributed by atoms with Crippen LogP contribution in [0.15, 0.2) is 67.0 Å². The first-order chi connectivity index (χ1) is 12.6. The Morgan fingerprint density at radius 2 is 1.35 bits per heavy atom. The highest BCUT2D eigenvalue weighted by Gasteiger charge is 2.22. The lowest BCUT2D eigenvalue weighted by Gasteiger charge is -2.09. The maximum absolute atomic E-state index is 12.5. The predicted molar refractivity (Wildman–Crippen MR) is 98.4 cm³/mol. The molecule has 0 fully saturated rings. The average Bonchev–Trinajstić information content (AvgIpc) is 3.07. The van der Waals surface area contributed by atoms with Gasteiger partial charge >= 0.3 is 0 Å². The van der Waals surface area contributed by atoms with Crippen LogP contribution in [0.4, 0.5) is 0 Å². The van der Waals surface area contributed by atoms with Gasteiger partial charge in [0.25, 0.3) is 11.8 Å². The zero-order valence-electron chi connectivity index (χ0n) is 14.5. The van der Waals surface area contributed by atoms with Gasteiger partial charge in [-0.2, -0.15) is 0 Å². The molecular formula is C20H20N4O2. The van der Waals surface area contributed by atoms with Gasteiger partial charge in [-0.15, -0.1) is 0 Å². The summed E-state index contributed by atoms with van der Waals surface area (Å²) in [6.07, 6.45) is 1.47. The highest BCUT2D eigenvalue weighted by atomic mass is 16.2. The van der Waals surface area contributed by atoms with E-state index in [1.165, 1.54) is 6.33 Å². The van der Waals surface area contributed by atoms with Crippen molar-refractivity contribution in [2.45, 2.75) is 13.1 Å². The fourth-order valence-corrected chi connectivity index (χ4v) is 2.59. The monoisotopic (exact) mass is 348 g/mol. The van der Waals surface area contributed by atoms with Gasteiger partial charge in [-0.1, -0.05) is 60.7 Å². The summed E-state index contributed by atoms with van der Waals surface area (Å²) in [5.41, 5.74) is 2.32. The van der Waals surface area contributed by atoms with Gasteiger partial charge in [-0.25, -0.2) is 4.98 Å². The van der Waals surface area contributed by atoms with Crippen LogP contribution in [-0.4, -0.2) is 21.4 Å². The number of aromatic nitrogens is 2. The molecule has 2 N–H and O–H groups in total. The number of nitrogens with zero attached hydrogens (tertiary/aromatic N) is 2. The van der Waals surface area contributed by atoms with Crippen molar-refractivity contribution in [1.29, 1.82) is 0 Å². The molecule has 0 aliphatic carbocycles. The fourth-order valence-electron chi connectivity index (χ4n) is 2.59. The van der Waals surface area contributed by atoms with Crippen molar-refractivity contribution in [1.82, 2.24) is 20.2 Å². The third-order valence-electron chi connectivity index (χ3n) is 3.96. The molecule has 132 valence electrons. The quantitative estimate of drug-likeness (QED) is 0.717. The minimum absolute atomic E-state index is 0.119. The number of nitrogens with one attached hydrogen (secondary N) is 2. The normalized spacial score (nSPS) is 10.3. The lowest BCUT2D eigenvalue weighted by atomic mass is 10.2. The van der Waals surface area contributed by atoms with E-state index in [1.807, 2.05) is 60.7 Å². The summed E-state index contributed by atoms with van der Waals surface area (Å²) >= 11 is 0. The zero-order chi connectivity index (χ0) is 18.4. The highest BCUT2D eigenvalue weighted by Crippen LogP contribution is 2.08. The van der Waals surface area contributed by atoms with Crippen molar-refractivity contribution in [3.63, 3.8) is 0 Å². The van der Waals surface area contributed by atoms with Crippen LogP contribution >= 0.6 is 0 Å². The molecule has 2 amide bonds. The summed E-state index contributed by atoms with van der Waals surface area (Å²) in [7, 11) is 1.69. The van der Waals surface area contributed by atoms with Gasteiger partial charge in [0.2, 0.25) is 0 Å². The molecule has 0 saturated carbocycles. The number of benzene rings is 2. The second kappa shape index (κ2) is 8.11. The minimum atomic E-state index is -0.376. The molecule has 0 saturated heterocycles. The van der Waals surface area contributed by atoms with E-state index >= 15 is 0 Å². The number of amides is 2. The topological polar surface area (TPSA) is 76.0 Å². The van der Waals surface area contributed by atoms with E-state index in [1.54, 1.807) is 11.6 Å². The Hall–Kier alpha value is -3.41. The van der Waals surface area contributed by atoms with Crippen LogP contribution in [0.1, 0.15) is 32.1 Å². The standard InChI is InChI=1S/C20H20N4O2/c1-24-14-23-17(19(25)21-12-15-8-4-2-5-9-15)18(24)20(26)22-13-16-10-6-3-7-11-16/h2-11,14H,12-13H2,1H3,(H,21,25)(H,22,26). The fraction of sp³-hybridized carbons (Fsp3) is 0.150. The zero-order valence-corrected chi connectivity index (χ0v) is 14.5. The molecule has 0 radical (unpaired) electrons. The van der Waals surface area contributed by atoms with Crippen LogP contribution in [0.25, 0.3) is 0 Å². The number of aryl methyl sites for hydroxylation is 1. The number of imidazole rings is 1. The molecule has 3 rings (SSSR count). The van der Waals surface area contributed by atoms with Gasteiger partial charge in [0, 0.05) is 20.1 Å². The first-order valence-electron chi connectivity index (χ1n) is 8.30. The second-order valence-electron chi connectivity index (χ2n) is 5.89. The van der Waals surface area contributed by atoms with E-state index in [0.29, 0.717) is 13.1 Å². The van der Waals surface area contributed by atoms with Crippen LogP contribution in [-0.2, 0) is 20.1 Å². The van der Waals surface area contributed by atoms with Crippen LogP contribution in [0, 0.1) is 0 Å². The van der Waals surface area contributed by atoms with Gasteiger partial charge in [0.1, 0.15) is 5.69 Å². The number of carbonyl (C=O) groups excluding carboxylic acids is 2. The molecule has 6 nitrogen and oxygen atoms in total. The van der Waals surface area contributed by atoms with Crippen molar-refractivity contribution in [2.24, 2.45) is 7.05 Å². The average molecular weight is 348 g/mol. The molecule has 0 unspecified atom stereocenters. The smallest absolute Gasteiger partial charge is 0.272 e. The van der Waals surface area contributed by atoms with E-state index in [2.05, 4.69) is 15.6 Å². The van der Waals surface area contributed by atoms with Crippen molar-refractivity contribution in [3.8, 4) is 0 Å². The van der Waals surface area contributed by atoms with E-state index in [9.17, 15) is 9.59 Å². The first kappa shape index (κ1) is 17.4. The van der Waals surface area contributed by atoms with Gasteiger partial charge in [0.05, 0.1) is 6.33 Å². The molecule has 0 spiro atoms. The Morgan fingerprint density at radius 1 is 0.846 bits per heavy atom. The molecule has 1 heterocycles. The van der Waals surface area contributed by atoms with Gasteiger partial charge in [-0.3, -0.25) is 9.59 Å². The van der Waals surface area contributed by atoms with Crippen LogP contribution in [0.5, 0.6) is 0 Å². The predicted octanol–water partition coefficient (Wildman–Crippen LogP) is 2.28. The second-order valence-corrected chi connectivity index (χ2v) is 5.89. The van der Waals surface area contributed by atoms with E-state index in [4.69, 9.17) is 0 Å². The van der Waals surface area contributed by atoms with Gasteiger partial charge < -0.3 is 15.2 Å². The summed E-state index contributed by atoms with van der Waals surface area (Å²) in [6.45, 7) is 0.761. The lowest BCUT2D eigenvalue weighted by Crippen LogP contribution is -2.30. The third kappa shape index (κ3) is 4.16. The Bertz CT molecular complexity index is 889. The van der Waals surface area contributed by atoms with Crippen molar-refractivity contribution >= 4 is 11.8 Å². The maximum Gasteiger partial charge on any atom is 0.272 e. The summed E-state index contributed by atoms with van der Waals surface area (Å²) < 4.78 is 1.55. The molecular weight excluding hydrogens is 328 g/mol. The maximum atomic E-state index is 12.5. The SMILES string of the molecule is Cn1cnc(C(=O)NCc2ccccc2)c1C(=O)NCc1ccccc1. The first-order valence-corrected chi connectivity index (χ1v) is 8.30. The number of hydrogen-bond acceptors (Lipinski definition) is 3. The van der Waals surface area contributed by atoms with Crippen LogP contribution in [0.3, 0.4) is 0 Å². The summed E-state index contributed by atoms with van der Waals surface area (Å²) in [4.78, 5) is 29.1. The molecule has 1 aromatic heterocycles. The van der Waals surface area contributed by atoms with Gasteiger partial charge in [0.15, 0.2) is 5.69 Å². The molecule has 2 aromatic carbocycles. The lowest BCUT2D eigenvalue weighted by molar-refractivity contribution is 0.0908. The largest absolute Gasteiger partial charge is 0.347 e. The highest BCUT2D eigenvalue weighted by molar-refractivity contribution is 6.04. The third-order valence-corrected chi connectivity index (χ3v) is 3.96. The summed E-state index contributed by atoms with van der Waals surface area (Å²) in [5, 5.41) is 5.63. The van der Waals surface area contributed by atoms with Crippen molar-refractivity contribution in [3.05, 3.63) is 89.5 Å². The summed E-state index contributed by atoms with van der Waals surface area (Å²) in [6, 6.07) is 19.2. The molecule has 6 heteroatoms. The number of hydrogen-bond donors (Lipinski definition) is 2. The minimum Gasteiger partial charge on any atom is -0.347 e. The van der Waals surface area contributed by atoms with Crippen molar-refractivity contribution < 1.29 is 9.59 Å².